The summed E-state index contributed by atoms with van der Waals surface area (Å²) in [7, 11) is 0. The zero-order chi connectivity index (χ0) is 16.7. The molecule has 0 atom stereocenters. The molecule has 122 valence electrons. The predicted molar refractivity (Wildman–Crippen MR) is 100 cm³/mol. The van der Waals surface area contributed by atoms with Crippen molar-refractivity contribution in [2.24, 2.45) is 0 Å². The van der Waals surface area contributed by atoms with Crippen LogP contribution in [0.3, 0.4) is 0 Å². The molecule has 4 rings (SSSR count). The number of hydrogen-bond donors (Lipinski definition) is 1. The lowest BCUT2D eigenvalue weighted by atomic mass is 10.0. The number of nitrogens with one attached hydrogen (secondary N) is 1. The van der Waals surface area contributed by atoms with Crippen molar-refractivity contribution in [3.05, 3.63) is 47.5 Å². The average Bonchev–Trinajstić information content (AvgIpc) is 3.15. The minimum absolute atomic E-state index is 0.472. The van der Waals surface area contributed by atoms with Gasteiger partial charge in [0.05, 0.1) is 10.2 Å². The molecule has 2 aromatic carbocycles. The van der Waals surface area contributed by atoms with Gasteiger partial charge >= 0.3 is 6.01 Å². The molecule has 5 heteroatoms. The van der Waals surface area contributed by atoms with E-state index in [0.717, 1.165) is 28.2 Å². The Bertz CT molecular complexity index is 1020. The largest absolute Gasteiger partial charge is 0.423 e. The lowest BCUT2D eigenvalue weighted by Gasteiger charge is -2.02. The molecule has 0 aliphatic rings. The third-order valence-electron chi connectivity index (χ3n) is 4.15. The summed E-state index contributed by atoms with van der Waals surface area (Å²) in [6, 6.07) is 13.0. The number of anilines is 2. The Kier molecular flexibility index (Phi) is 3.73. The fourth-order valence-electron chi connectivity index (χ4n) is 2.69. The first-order valence-electron chi connectivity index (χ1n) is 8.19. The molecule has 0 saturated heterocycles. The number of benzene rings is 2. The number of hydrogen-bond acceptors (Lipinski definition) is 5. The maximum Gasteiger partial charge on any atom is 0.302 e. The molecule has 0 unspecified atom stereocenters. The quantitative estimate of drug-likeness (QED) is 0.506. The number of fused-ring (bicyclic) bond motifs is 2. The molecular weight excluding hydrogens is 318 g/mol. The first-order chi connectivity index (χ1) is 11.6. The van der Waals surface area contributed by atoms with Crippen LogP contribution in [-0.2, 0) is 6.42 Å². The molecule has 4 aromatic rings. The molecule has 0 saturated carbocycles. The smallest absolute Gasteiger partial charge is 0.302 e. The van der Waals surface area contributed by atoms with Crippen molar-refractivity contribution < 1.29 is 4.42 Å². The van der Waals surface area contributed by atoms with Crippen LogP contribution in [0.1, 0.15) is 37.8 Å². The second-order valence-corrected chi connectivity index (χ2v) is 7.23. The standard InChI is InChI=1S/C19H19N3OS/c1-4-12-5-7-14-17(9-12)24-19(21-14)22-18-20-15-10-13(11(2)3)6-8-16(15)23-18/h5-11H,4H2,1-3H3,(H,20,21,22). The van der Waals surface area contributed by atoms with Crippen LogP contribution in [0.4, 0.5) is 11.1 Å². The molecule has 2 aromatic heterocycles. The summed E-state index contributed by atoms with van der Waals surface area (Å²) in [6.07, 6.45) is 1.03. The van der Waals surface area contributed by atoms with E-state index in [9.17, 15) is 0 Å². The molecule has 0 fully saturated rings. The molecule has 1 N–H and O–H groups in total. The zero-order valence-corrected chi connectivity index (χ0v) is 14.8. The van der Waals surface area contributed by atoms with Gasteiger partial charge in [-0.05, 0) is 47.7 Å². The van der Waals surface area contributed by atoms with Crippen LogP contribution in [-0.4, -0.2) is 9.97 Å². The second kappa shape index (κ2) is 5.91. The highest BCUT2D eigenvalue weighted by Gasteiger charge is 2.11. The first kappa shape index (κ1) is 15.1. The predicted octanol–water partition coefficient (Wildman–Crippen LogP) is 5.87. The fraction of sp³-hybridized carbons (Fsp3) is 0.263. The highest BCUT2D eigenvalue weighted by atomic mass is 32.1. The van der Waals surface area contributed by atoms with Gasteiger partial charge in [0.1, 0.15) is 5.52 Å². The van der Waals surface area contributed by atoms with E-state index in [2.05, 4.69) is 66.4 Å². The maximum absolute atomic E-state index is 5.79. The van der Waals surface area contributed by atoms with Crippen molar-refractivity contribution in [2.45, 2.75) is 33.1 Å². The van der Waals surface area contributed by atoms with E-state index in [1.807, 2.05) is 6.07 Å². The Balaban J connectivity index is 1.66. The summed E-state index contributed by atoms with van der Waals surface area (Å²) in [5.74, 6) is 0.472. The summed E-state index contributed by atoms with van der Waals surface area (Å²) in [6.45, 7) is 6.50. The van der Waals surface area contributed by atoms with E-state index in [1.54, 1.807) is 11.3 Å². The van der Waals surface area contributed by atoms with Crippen LogP contribution in [0.15, 0.2) is 40.8 Å². The van der Waals surface area contributed by atoms with E-state index in [4.69, 9.17) is 4.42 Å². The van der Waals surface area contributed by atoms with Gasteiger partial charge in [-0.1, -0.05) is 44.2 Å². The van der Waals surface area contributed by atoms with Crippen LogP contribution in [0, 0.1) is 0 Å². The van der Waals surface area contributed by atoms with Gasteiger partial charge in [0.25, 0.3) is 0 Å². The minimum atomic E-state index is 0.472. The van der Waals surface area contributed by atoms with E-state index in [1.165, 1.54) is 15.8 Å². The van der Waals surface area contributed by atoms with E-state index < -0.39 is 0 Å². The van der Waals surface area contributed by atoms with Gasteiger partial charge in [0.15, 0.2) is 10.7 Å². The summed E-state index contributed by atoms with van der Waals surface area (Å²) in [4.78, 5) is 9.15. The summed E-state index contributed by atoms with van der Waals surface area (Å²) < 4.78 is 6.97. The average molecular weight is 337 g/mol. The molecular formula is C19H19N3OS. The number of aromatic nitrogens is 2. The van der Waals surface area contributed by atoms with Crippen LogP contribution in [0.25, 0.3) is 21.3 Å². The van der Waals surface area contributed by atoms with Crippen LogP contribution in [0.5, 0.6) is 0 Å². The summed E-state index contributed by atoms with van der Waals surface area (Å²) >= 11 is 1.62. The highest BCUT2D eigenvalue weighted by molar-refractivity contribution is 7.22. The van der Waals surface area contributed by atoms with Crippen LogP contribution < -0.4 is 5.32 Å². The number of rotatable bonds is 4. The highest BCUT2D eigenvalue weighted by Crippen LogP contribution is 2.30. The third-order valence-corrected chi connectivity index (χ3v) is 5.09. The Morgan fingerprint density at radius 2 is 1.96 bits per heavy atom. The van der Waals surface area contributed by atoms with Gasteiger partial charge in [-0.25, -0.2) is 4.98 Å². The molecule has 0 bridgehead atoms. The molecule has 0 spiro atoms. The van der Waals surface area contributed by atoms with E-state index >= 15 is 0 Å². The Morgan fingerprint density at radius 1 is 1.08 bits per heavy atom. The lowest BCUT2D eigenvalue weighted by molar-refractivity contribution is 0.623. The molecule has 0 radical (unpaired) electrons. The number of thiazole rings is 1. The fourth-order valence-corrected chi connectivity index (χ4v) is 3.61. The van der Waals surface area contributed by atoms with E-state index in [-0.39, 0.29) is 0 Å². The maximum atomic E-state index is 5.79. The Labute approximate surface area is 144 Å². The molecule has 0 aliphatic heterocycles. The molecule has 2 heterocycles. The topological polar surface area (TPSA) is 51.0 Å². The van der Waals surface area contributed by atoms with Crippen LogP contribution >= 0.6 is 11.3 Å². The number of oxazole rings is 1. The Hall–Kier alpha value is -2.40. The SMILES string of the molecule is CCc1ccc2nc(Nc3nc4cc(C(C)C)ccc4o3)sc2c1. The normalized spacial score (nSPS) is 11.7. The second-order valence-electron chi connectivity index (χ2n) is 6.20. The van der Waals surface area contributed by atoms with Gasteiger partial charge in [0.2, 0.25) is 0 Å². The minimum Gasteiger partial charge on any atom is -0.423 e. The third kappa shape index (κ3) is 2.76. The van der Waals surface area contributed by atoms with Crippen molar-refractivity contribution in [3.63, 3.8) is 0 Å². The van der Waals surface area contributed by atoms with Gasteiger partial charge < -0.3 is 4.42 Å². The molecule has 0 amide bonds. The van der Waals surface area contributed by atoms with Crippen LogP contribution in [0.2, 0.25) is 0 Å². The van der Waals surface area contributed by atoms with Gasteiger partial charge in [-0.2, -0.15) is 4.98 Å². The van der Waals surface area contributed by atoms with Crippen molar-refractivity contribution in [1.82, 2.24) is 9.97 Å². The molecule has 24 heavy (non-hydrogen) atoms. The summed E-state index contributed by atoms with van der Waals surface area (Å²) in [5, 5.41) is 4.00. The van der Waals surface area contributed by atoms with Crippen molar-refractivity contribution in [1.29, 1.82) is 0 Å². The zero-order valence-electron chi connectivity index (χ0n) is 14.0. The Morgan fingerprint density at radius 3 is 2.75 bits per heavy atom. The summed E-state index contributed by atoms with van der Waals surface area (Å²) in [5.41, 5.74) is 5.24. The molecule has 4 nitrogen and oxygen atoms in total. The van der Waals surface area contributed by atoms with Gasteiger partial charge in [-0.3, -0.25) is 5.32 Å². The lowest BCUT2D eigenvalue weighted by Crippen LogP contribution is -1.88. The molecule has 0 aliphatic carbocycles. The number of nitrogens with zero attached hydrogens (tertiary/aromatic N) is 2. The monoisotopic (exact) mass is 337 g/mol. The van der Waals surface area contributed by atoms with Gasteiger partial charge in [-0.15, -0.1) is 0 Å². The van der Waals surface area contributed by atoms with Crippen molar-refractivity contribution in [3.8, 4) is 0 Å². The van der Waals surface area contributed by atoms with E-state index in [0.29, 0.717) is 11.9 Å². The number of aryl methyl sites for hydroxylation is 1. The van der Waals surface area contributed by atoms with Crippen molar-refractivity contribution in [2.75, 3.05) is 5.32 Å². The first-order valence-corrected chi connectivity index (χ1v) is 9.01. The van der Waals surface area contributed by atoms with Gasteiger partial charge in [0, 0.05) is 0 Å². The van der Waals surface area contributed by atoms with Crippen molar-refractivity contribution >= 4 is 43.8 Å².